The monoisotopic (exact) mass is 440 g/mol. The van der Waals surface area contributed by atoms with Gasteiger partial charge in [-0.15, -0.1) is 0 Å². The third kappa shape index (κ3) is 10.4. The molecule has 0 N–H and O–H groups in total. The Balaban J connectivity index is 0.000000370. The van der Waals surface area contributed by atoms with Gasteiger partial charge in [0.15, 0.2) is 25.6 Å². The molecule has 0 aliphatic rings. The second-order valence-corrected chi connectivity index (χ2v) is 7.89. The first-order valence-electron chi connectivity index (χ1n) is 8.28. The van der Waals surface area contributed by atoms with Gasteiger partial charge in [-0.1, -0.05) is 60.7 Å². The molecule has 2 aromatic carbocycles. The first-order chi connectivity index (χ1) is 13.3. The van der Waals surface area contributed by atoms with E-state index in [1.54, 1.807) is 9.46 Å². The molecular formula is C18H19F6N2O2P. The van der Waals surface area contributed by atoms with E-state index in [4.69, 9.17) is 9.68 Å². The van der Waals surface area contributed by atoms with Crippen molar-refractivity contribution in [2.45, 2.75) is 20.1 Å². The zero-order valence-electron chi connectivity index (χ0n) is 15.3. The van der Waals surface area contributed by atoms with Gasteiger partial charge < -0.3 is 9.68 Å². The van der Waals surface area contributed by atoms with E-state index >= 15 is 0 Å². The normalized spacial score (nSPS) is 13.5. The summed E-state index contributed by atoms with van der Waals surface area (Å²) in [4.78, 5) is 11.5. The fourth-order valence-electron chi connectivity index (χ4n) is 2.14. The van der Waals surface area contributed by atoms with Crippen LogP contribution in [0.1, 0.15) is 17.0 Å². The summed E-state index contributed by atoms with van der Waals surface area (Å²) in [7, 11) is -10.7. The van der Waals surface area contributed by atoms with Crippen molar-refractivity contribution in [1.29, 1.82) is 0 Å². The topological polar surface area (TPSA) is 27.3 Å². The summed E-state index contributed by atoms with van der Waals surface area (Å²) in [5.41, 5.74) is 2.26. The quantitative estimate of drug-likeness (QED) is 0.278. The molecule has 0 radical (unpaired) electrons. The molecule has 29 heavy (non-hydrogen) atoms. The van der Waals surface area contributed by atoms with Crippen LogP contribution in [0.15, 0.2) is 73.1 Å². The summed E-state index contributed by atoms with van der Waals surface area (Å²) in [6.45, 7) is 3.00. The van der Waals surface area contributed by atoms with Crippen molar-refractivity contribution in [3.05, 3.63) is 90.0 Å². The predicted molar refractivity (Wildman–Crippen MR) is 96.4 cm³/mol. The zero-order chi connectivity index (χ0) is 21.6. The van der Waals surface area contributed by atoms with Gasteiger partial charge in [0.25, 0.3) is 0 Å². The molecule has 160 valence electrons. The van der Waals surface area contributed by atoms with Crippen LogP contribution in [-0.2, 0) is 13.2 Å². The van der Waals surface area contributed by atoms with Gasteiger partial charge in [0.1, 0.15) is 0 Å². The van der Waals surface area contributed by atoms with Gasteiger partial charge in [0, 0.05) is 6.92 Å². The van der Waals surface area contributed by atoms with E-state index < -0.39 is 7.81 Å². The number of imidazole rings is 1. The molecule has 0 amide bonds. The van der Waals surface area contributed by atoms with E-state index in [1.807, 2.05) is 80.0 Å². The van der Waals surface area contributed by atoms with Gasteiger partial charge in [-0.3, -0.25) is 0 Å². The van der Waals surface area contributed by atoms with Crippen LogP contribution in [0.3, 0.4) is 0 Å². The van der Waals surface area contributed by atoms with Crippen LogP contribution in [0.2, 0.25) is 0 Å². The first-order valence-corrected chi connectivity index (χ1v) is 10.3. The van der Waals surface area contributed by atoms with Crippen LogP contribution in [-0.4, -0.2) is 4.73 Å². The van der Waals surface area contributed by atoms with Crippen LogP contribution in [0.25, 0.3) is 0 Å². The molecule has 1 heterocycles. The fraction of sp³-hybridized carbons (Fsp3) is 0.167. The fourth-order valence-corrected chi connectivity index (χ4v) is 2.14. The van der Waals surface area contributed by atoms with Crippen LogP contribution in [0, 0.1) is 6.92 Å². The van der Waals surface area contributed by atoms with Crippen LogP contribution in [0.5, 0.6) is 0 Å². The molecule has 3 rings (SSSR count). The molecule has 0 saturated heterocycles. The van der Waals surface area contributed by atoms with Gasteiger partial charge in [0.2, 0.25) is 0 Å². The Labute approximate surface area is 163 Å². The third-order valence-corrected chi connectivity index (χ3v) is 3.40. The van der Waals surface area contributed by atoms with Gasteiger partial charge in [-0.2, -0.15) is 0 Å². The third-order valence-electron chi connectivity index (χ3n) is 3.40. The molecule has 0 fully saturated rings. The SMILES string of the molecule is Cc1n(OCc2ccccc2)cc[n+]1OCc1ccccc1.F[P-](F)(F)(F)(F)F. The Hall–Kier alpha value is -2.74. The maximum atomic E-state index is 9.87. The Bertz CT molecular complexity index is 844. The minimum atomic E-state index is -10.7. The van der Waals surface area contributed by atoms with Gasteiger partial charge >= 0.3 is 38.8 Å². The van der Waals surface area contributed by atoms with Crippen molar-refractivity contribution in [2.24, 2.45) is 0 Å². The minimum absolute atomic E-state index is 0.523. The molecule has 1 aromatic heterocycles. The van der Waals surface area contributed by atoms with E-state index in [-0.39, 0.29) is 0 Å². The molecule has 0 bridgehead atoms. The van der Waals surface area contributed by atoms with Gasteiger partial charge in [-0.25, -0.2) is 0 Å². The number of rotatable bonds is 6. The number of hydrogen-bond acceptors (Lipinski definition) is 2. The number of halogens is 6. The molecule has 0 atom stereocenters. The molecular weight excluding hydrogens is 421 g/mol. The zero-order valence-corrected chi connectivity index (χ0v) is 16.2. The number of aromatic nitrogens is 2. The first kappa shape index (κ1) is 22.5. The Morgan fingerprint density at radius 2 is 1.24 bits per heavy atom. The summed E-state index contributed by atoms with van der Waals surface area (Å²) < 4.78 is 62.6. The Morgan fingerprint density at radius 3 is 1.72 bits per heavy atom. The van der Waals surface area contributed by atoms with E-state index in [0.717, 1.165) is 17.0 Å². The van der Waals surface area contributed by atoms with Gasteiger partial charge in [0.05, 0.1) is 0 Å². The molecule has 0 unspecified atom stereocenters. The number of benzene rings is 2. The summed E-state index contributed by atoms with van der Waals surface area (Å²) in [5, 5.41) is 0. The Kier molecular flexibility index (Phi) is 6.18. The average Bonchev–Trinajstić information content (AvgIpc) is 2.97. The summed E-state index contributed by atoms with van der Waals surface area (Å²) in [6.07, 6.45) is 3.70. The molecule has 3 aromatic rings. The van der Waals surface area contributed by atoms with Crippen molar-refractivity contribution in [2.75, 3.05) is 0 Å². The van der Waals surface area contributed by atoms with Gasteiger partial charge in [-0.05, 0) is 20.6 Å². The van der Waals surface area contributed by atoms with Crippen molar-refractivity contribution < 1.29 is 39.6 Å². The van der Waals surface area contributed by atoms with E-state index in [9.17, 15) is 25.2 Å². The Morgan fingerprint density at radius 1 is 0.793 bits per heavy atom. The summed E-state index contributed by atoms with van der Waals surface area (Å²) in [5.74, 6) is 0.881. The molecule has 0 spiro atoms. The van der Waals surface area contributed by atoms with Crippen molar-refractivity contribution in [3.8, 4) is 0 Å². The number of hydrogen-bond donors (Lipinski definition) is 0. The number of nitrogens with zero attached hydrogens (tertiary/aromatic N) is 2. The molecule has 0 aliphatic heterocycles. The maximum absolute atomic E-state index is 10.7. The van der Waals surface area contributed by atoms with Crippen LogP contribution < -0.4 is 14.4 Å². The summed E-state index contributed by atoms with van der Waals surface area (Å²) >= 11 is 0. The predicted octanol–water partition coefficient (Wildman–Crippen LogP) is 5.72. The van der Waals surface area contributed by atoms with E-state index in [0.29, 0.717) is 13.2 Å². The average molecular weight is 440 g/mol. The molecule has 0 aliphatic carbocycles. The molecule has 0 saturated carbocycles. The van der Waals surface area contributed by atoms with E-state index in [2.05, 4.69) is 0 Å². The van der Waals surface area contributed by atoms with Crippen LogP contribution in [0.4, 0.5) is 25.2 Å². The standard InChI is InChI=1S/C18H19N2O2.F6P/c1-16-19(21-14-17-8-4-2-5-9-17)12-13-20(16)22-15-18-10-6-3-7-11-18;1-7(2,3,4,5)6/h2-13H,14-15H2,1H3;/q+1;-1. The second kappa shape index (κ2) is 7.94. The van der Waals surface area contributed by atoms with E-state index in [1.165, 1.54) is 0 Å². The van der Waals surface area contributed by atoms with Crippen molar-refractivity contribution >= 4 is 7.81 Å². The summed E-state index contributed by atoms with van der Waals surface area (Å²) in [6, 6.07) is 20.2. The second-order valence-electron chi connectivity index (χ2n) is 5.97. The van der Waals surface area contributed by atoms with Crippen molar-refractivity contribution in [1.82, 2.24) is 4.73 Å². The molecule has 11 heteroatoms. The van der Waals surface area contributed by atoms with Crippen molar-refractivity contribution in [3.63, 3.8) is 0 Å². The molecule has 4 nitrogen and oxygen atoms in total. The van der Waals surface area contributed by atoms with Crippen LogP contribution >= 0.6 is 7.81 Å².